The standard InChI is InChI=1S/C5H4N4O6/c10-4(11)2-7-1-3(8(12)13)6-5(7)9(14)15/h1H,2H2,(H,10,11)/p-1. The molecule has 1 aromatic rings. The van der Waals surface area contributed by atoms with Gasteiger partial charge in [0.1, 0.15) is 6.54 Å². The number of hydrogen-bond donors (Lipinski definition) is 0. The lowest BCUT2D eigenvalue weighted by atomic mass is 10.6. The Morgan fingerprint density at radius 1 is 1.40 bits per heavy atom. The van der Waals surface area contributed by atoms with Gasteiger partial charge < -0.3 is 30.1 Å². The van der Waals surface area contributed by atoms with Crippen LogP contribution >= 0.6 is 0 Å². The van der Waals surface area contributed by atoms with Crippen molar-refractivity contribution in [2.24, 2.45) is 0 Å². The van der Waals surface area contributed by atoms with E-state index in [2.05, 4.69) is 4.98 Å². The number of carbonyl (C=O) groups is 1. The number of aliphatic carboxylic acids is 1. The summed E-state index contributed by atoms with van der Waals surface area (Å²) < 4.78 is 0.521. The van der Waals surface area contributed by atoms with Crippen LogP contribution in [0.25, 0.3) is 0 Å². The topological polar surface area (TPSA) is 144 Å². The molecular weight excluding hydrogens is 212 g/mol. The van der Waals surface area contributed by atoms with Gasteiger partial charge in [-0.2, -0.15) is 0 Å². The SMILES string of the molecule is O=C([O-])Cn1cc([N+](=O)[O-])nc1[N+](=O)[O-]. The van der Waals surface area contributed by atoms with Gasteiger partial charge in [0.2, 0.25) is 0 Å². The van der Waals surface area contributed by atoms with Crippen molar-refractivity contribution in [2.75, 3.05) is 0 Å². The number of imidazole rings is 1. The summed E-state index contributed by atoms with van der Waals surface area (Å²) in [7, 11) is 0. The van der Waals surface area contributed by atoms with E-state index in [1.54, 1.807) is 0 Å². The molecular formula is C5H3N4O6-. The fourth-order valence-corrected chi connectivity index (χ4v) is 0.882. The highest BCUT2D eigenvalue weighted by atomic mass is 16.6. The van der Waals surface area contributed by atoms with Crippen LogP contribution in [0.1, 0.15) is 0 Å². The number of carbonyl (C=O) groups excluding carboxylic acids is 1. The normalized spacial score (nSPS) is 9.87. The molecule has 0 aromatic carbocycles. The molecule has 10 nitrogen and oxygen atoms in total. The Kier molecular flexibility index (Phi) is 2.60. The predicted octanol–water partition coefficient (Wildman–Crippen LogP) is -1.55. The Bertz CT molecular complexity index is 437. The molecule has 1 rings (SSSR count). The van der Waals surface area contributed by atoms with Gasteiger partial charge in [-0.05, 0) is 14.8 Å². The number of nitrogens with zero attached hydrogens (tertiary/aromatic N) is 4. The van der Waals surface area contributed by atoms with E-state index in [0.29, 0.717) is 10.8 Å². The smallest absolute Gasteiger partial charge is 0.439 e. The molecule has 0 radical (unpaired) electrons. The summed E-state index contributed by atoms with van der Waals surface area (Å²) in [5.41, 5.74) is 0. The van der Waals surface area contributed by atoms with Gasteiger partial charge in [0, 0.05) is 0 Å². The van der Waals surface area contributed by atoms with Crippen LogP contribution in [0.3, 0.4) is 0 Å². The lowest BCUT2D eigenvalue weighted by molar-refractivity contribution is -0.403. The van der Waals surface area contributed by atoms with Crippen molar-refractivity contribution in [3.05, 3.63) is 26.4 Å². The van der Waals surface area contributed by atoms with Crippen LogP contribution in [0, 0.1) is 20.2 Å². The Balaban J connectivity index is 3.17. The van der Waals surface area contributed by atoms with E-state index in [9.17, 15) is 30.1 Å². The predicted molar refractivity (Wildman–Crippen MR) is 40.5 cm³/mol. The van der Waals surface area contributed by atoms with E-state index >= 15 is 0 Å². The minimum absolute atomic E-state index is 0.521. The second-order valence-electron chi connectivity index (χ2n) is 2.41. The number of rotatable bonds is 4. The van der Waals surface area contributed by atoms with E-state index in [-0.39, 0.29) is 0 Å². The molecule has 0 bridgehead atoms. The summed E-state index contributed by atoms with van der Waals surface area (Å²) in [6.07, 6.45) is 0.661. The minimum atomic E-state index is -1.61. The number of carboxylic acid groups (broad SMARTS) is 1. The van der Waals surface area contributed by atoms with Crippen molar-refractivity contribution < 1.29 is 19.7 Å². The molecule has 0 saturated heterocycles. The van der Waals surface area contributed by atoms with Crippen LogP contribution in [0.2, 0.25) is 0 Å². The van der Waals surface area contributed by atoms with E-state index in [1.165, 1.54) is 0 Å². The summed E-state index contributed by atoms with van der Waals surface area (Å²) in [5.74, 6) is -3.31. The maximum absolute atomic E-state index is 10.3. The second kappa shape index (κ2) is 3.69. The number of hydrogen-bond acceptors (Lipinski definition) is 7. The zero-order valence-corrected chi connectivity index (χ0v) is 7.02. The van der Waals surface area contributed by atoms with Gasteiger partial charge in [0.15, 0.2) is 6.20 Å². The van der Waals surface area contributed by atoms with Crippen LogP contribution < -0.4 is 5.11 Å². The van der Waals surface area contributed by atoms with Gasteiger partial charge in [-0.25, -0.2) is 4.57 Å². The van der Waals surface area contributed by atoms with Crippen molar-refractivity contribution in [3.8, 4) is 0 Å². The fraction of sp³-hybridized carbons (Fsp3) is 0.200. The van der Waals surface area contributed by atoms with E-state index in [0.717, 1.165) is 0 Å². The Morgan fingerprint density at radius 3 is 2.40 bits per heavy atom. The number of carboxylic acids is 1. The van der Waals surface area contributed by atoms with Crippen LogP contribution in [-0.4, -0.2) is 25.4 Å². The maximum Gasteiger partial charge on any atom is 0.439 e. The first-order chi connectivity index (χ1) is 6.91. The molecule has 1 heterocycles. The largest absolute Gasteiger partial charge is 0.547 e. The third kappa shape index (κ3) is 2.24. The molecule has 0 aliphatic rings. The average Bonchev–Trinajstić information content (AvgIpc) is 2.46. The zero-order valence-electron chi connectivity index (χ0n) is 7.02. The summed E-state index contributed by atoms with van der Waals surface area (Å²) in [6.45, 7) is -0.864. The molecule has 0 N–H and O–H groups in total. The molecule has 0 amide bonds. The summed E-state index contributed by atoms with van der Waals surface area (Å²) in [5, 5.41) is 30.7. The Morgan fingerprint density at radius 2 is 2.00 bits per heavy atom. The zero-order chi connectivity index (χ0) is 11.6. The van der Waals surface area contributed by atoms with Crippen molar-refractivity contribution in [1.29, 1.82) is 0 Å². The third-order valence-electron chi connectivity index (χ3n) is 1.39. The van der Waals surface area contributed by atoms with E-state index < -0.39 is 34.1 Å². The van der Waals surface area contributed by atoms with Crippen LogP contribution in [0.15, 0.2) is 6.20 Å². The van der Waals surface area contributed by atoms with E-state index in [4.69, 9.17) is 0 Å². The van der Waals surface area contributed by atoms with Gasteiger partial charge in [0.25, 0.3) is 0 Å². The molecule has 0 spiro atoms. The molecule has 80 valence electrons. The van der Waals surface area contributed by atoms with Crippen LogP contribution in [0.4, 0.5) is 11.8 Å². The summed E-state index contributed by atoms with van der Waals surface area (Å²) in [4.78, 5) is 31.8. The Hall–Kier alpha value is -2.52. The van der Waals surface area contributed by atoms with Gasteiger partial charge in [-0.3, -0.25) is 0 Å². The van der Waals surface area contributed by atoms with E-state index in [1.807, 2.05) is 0 Å². The molecule has 0 saturated carbocycles. The first-order valence-electron chi connectivity index (χ1n) is 3.47. The molecule has 10 heteroatoms. The highest BCUT2D eigenvalue weighted by Gasteiger charge is 2.22. The Labute approximate surface area is 81.1 Å². The first kappa shape index (κ1) is 10.6. The van der Waals surface area contributed by atoms with Gasteiger partial charge in [0.05, 0.1) is 5.97 Å². The summed E-state index contributed by atoms with van der Waals surface area (Å²) >= 11 is 0. The molecule has 0 unspecified atom stereocenters. The molecule has 0 aliphatic carbocycles. The highest BCUT2D eigenvalue weighted by molar-refractivity contribution is 5.64. The van der Waals surface area contributed by atoms with Crippen LogP contribution in [0.5, 0.6) is 0 Å². The lowest BCUT2D eigenvalue weighted by Gasteiger charge is -2.00. The highest BCUT2D eigenvalue weighted by Crippen LogP contribution is 2.16. The molecule has 15 heavy (non-hydrogen) atoms. The molecule has 0 aliphatic heterocycles. The monoisotopic (exact) mass is 215 g/mol. The number of nitro groups is 2. The first-order valence-corrected chi connectivity index (χ1v) is 3.47. The van der Waals surface area contributed by atoms with Crippen molar-refractivity contribution >= 4 is 17.7 Å². The lowest BCUT2D eigenvalue weighted by Crippen LogP contribution is -2.27. The van der Waals surface area contributed by atoms with Gasteiger partial charge in [-0.15, -0.1) is 0 Å². The average molecular weight is 215 g/mol. The van der Waals surface area contributed by atoms with Crippen LogP contribution in [-0.2, 0) is 11.3 Å². The van der Waals surface area contributed by atoms with Gasteiger partial charge >= 0.3 is 11.8 Å². The minimum Gasteiger partial charge on any atom is -0.547 e. The summed E-state index contributed by atoms with van der Waals surface area (Å²) in [6, 6.07) is 0. The quantitative estimate of drug-likeness (QED) is 0.436. The number of aromatic nitrogens is 2. The third-order valence-corrected chi connectivity index (χ3v) is 1.39. The fourth-order valence-electron chi connectivity index (χ4n) is 0.882. The maximum atomic E-state index is 10.3. The molecule has 1 aromatic heterocycles. The van der Waals surface area contributed by atoms with Crippen molar-refractivity contribution in [2.45, 2.75) is 6.54 Å². The molecule has 0 fully saturated rings. The van der Waals surface area contributed by atoms with Crippen molar-refractivity contribution in [1.82, 2.24) is 9.55 Å². The van der Waals surface area contributed by atoms with Crippen molar-refractivity contribution in [3.63, 3.8) is 0 Å². The van der Waals surface area contributed by atoms with Gasteiger partial charge in [-0.1, -0.05) is 0 Å². The molecule has 0 atom stereocenters. The second-order valence-corrected chi connectivity index (χ2v) is 2.41.